The molecular weight excluding hydrogens is 312 g/mol. The molecule has 0 saturated carbocycles. The van der Waals surface area contributed by atoms with E-state index in [0.29, 0.717) is 0 Å². The summed E-state index contributed by atoms with van der Waals surface area (Å²) in [6.07, 6.45) is 3.86. The summed E-state index contributed by atoms with van der Waals surface area (Å²) in [5, 5.41) is 0. The van der Waals surface area contributed by atoms with Crippen LogP contribution in [0.25, 0.3) is 0 Å². The van der Waals surface area contributed by atoms with Crippen molar-refractivity contribution in [3.8, 4) is 0 Å². The Morgan fingerprint density at radius 3 is 1.58 bits per heavy atom. The smallest absolute Gasteiger partial charge is 0.0372 e. The van der Waals surface area contributed by atoms with Gasteiger partial charge in [0.05, 0.1) is 0 Å². The first kappa shape index (κ1) is 15.9. The average molecular weight is 341 g/mol. The number of fused-ring (bicyclic) bond motifs is 4. The van der Waals surface area contributed by atoms with Gasteiger partial charge in [-0.3, -0.25) is 0 Å². The van der Waals surface area contributed by atoms with E-state index in [9.17, 15) is 0 Å². The second-order valence-electron chi connectivity index (χ2n) is 7.55. The largest absolute Gasteiger partial charge is 0.378 e. The molecule has 2 heterocycles. The fourth-order valence-electron chi connectivity index (χ4n) is 4.22. The molecule has 2 aliphatic heterocycles. The zero-order valence-electron chi connectivity index (χ0n) is 15.3. The fraction of sp³-hybridized carbons (Fsp3) is 0.429. The van der Waals surface area contributed by atoms with E-state index in [4.69, 9.17) is 0 Å². The minimum Gasteiger partial charge on any atom is -0.378 e. The van der Waals surface area contributed by atoms with Crippen molar-refractivity contribution in [1.82, 2.24) is 0 Å². The molecule has 0 radical (unpaired) electrons. The summed E-state index contributed by atoms with van der Waals surface area (Å²) in [4.78, 5) is 7.84. The highest BCUT2D eigenvalue weighted by molar-refractivity contribution is 8.34. The predicted octanol–water partition coefficient (Wildman–Crippen LogP) is 4.74. The van der Waals surface area contributed by atoms with E-state index in [1.165, 1.54) is 35.7 Å². The maximum atomic E-state index is 2.50. The molecule has 2 aromatic rings. The number of nitrogens with zero attached hydrogens (tertiary/aromatic N) is 2. The second-order valence-corrected chi connectivity index (χ2v) is 11.0. The van der Waals surface area contributed by atoms with E-state index in [2.05, 4.69) is 74.4 Å². The second kappa shape index (κ2) is 5.73. The molecule has 1 spiro atoms. The normalized spacial score (nSPS) is 18.8. The summed E-state index contributed by atoms with van der Waals surface area (Å²) < 4.78 is 0. The SMILES string of the molecule is CN(C)c1ccc2c(c1)S1(CCCC1)c1cc(N(C)C)ccc1C2. The first-order chi connectivity index (χ1) is 11.5. The lowest BCUT2D eigenvalue weighted by atomic mass is 10.0. The van der Waals surface area contributed by atoms with Crippen molar-refractivity contribution in [2.45, 2.75) is 29.1 Å². The van der Waals surface area contributed by atoms with Crippen LogP contribution in [0.1, 0.15) is 24.0 Å². The molecule has 2 nitrogen and oxygen atoms in total. The molecule has 0 bridgehead atoms. The lowest BCUT2D eigenvalue weighted by Crippen LogP contribution is -2.18. The molecule has 0 atom stereocenters. The van der Waals surface area contributed by atoms with E-state index in [-0.39, 0.29) is 0 Å². The maximum Gasteiger partial charge on any atom is 0.0372 e. The number of hydrogen-bond donors (Lipinski definition) is 0. The maximum absolute atomic E-state index is 2.50. The van der Waals surface area contributed by atoms with E-state index in [1.54, 1.807) is 20.9 Å². The van der Waals surface area contributed by atoms with Gasteiger partial charge < -0.3 is 9.80 Å². The van der Waals surface area contributed by atoms with E-state index in [0.717, 1.165) is 6.42 Å². The van der Waals surface area contributed by atoms with Crippen LogP contribution in [0.2, 0.25) is 0 Å². The van der Waals surface area contributed by atoms with Crippen LogP contribution in [0.4, 0.5) is 11.4 Å². The highest BCUT2D eigenvalue weighted by Crippen LogP contribution is 2.70. The average Bonchev–Trinajstić information content (AvgIpc) is 3.05. The molecule has 1 saturated heterocycles. The van der Waals surface area contributed by atoms with Crippen LogP contribution in [-0.2, 0) is 6.42 Å². The molecule has 3 heteroatoms. The van der Waals surface area contributed by atoms with Crippen molar-refractivity contribution >= 4 is 21.4 Å². The predicted molar refractivity (Wildman–Crippen MR) is 107 cm³/mol. The van der Waals surface area contributed by atoms with Gasteiger partial charge >= 0.3 is 0 Å². The van der Waals surface area contributed by atoms with E-state index in [1.807, 2.05) is 0 Å². The summed E-state index contributed by atoms with van der Waals surface area (Å²) in [5.41, 5.74) is 5.84. The summed E-state index contributed by atoms with van der Waals surface area (Å²) >= 11 is 0. The molecule has 2 aromatic carbocycles. The van der Waals surface area contributed by atoms with Gasteiger partial charge in [-0.25, -0.2) is 0 Å². The van der Waals surface area contributed by atoms with E-state index < -0.39 is 10.0 Å². The lowest BCUT2D eigenvalue weighted by Gasteiger charge is -2.44. The van der Waals surface area contributed by atoms with Crippen LogP contribution in [0.3, 0.4) is 0 Å². The Kier molecular flexibility index (Phi) is 3.80. The van der Waals surface area contributed by atoms with Gasteiger partial charge in [0.25, 0.3) is 0 Å². The summed E-state index contributed by atoms with van der Waals surface area (Å²) in [6, 6.07) is 14.4. The third kappa shape index (κ3) is 2.33. The van der Waals surface area contributed by atoms with Gasteiger partial charge in [-0.1, -0.05) is 12.1 Å². The summed E-state index contributed by atoms with van der Waals surface area (Å²) in [5.74, 6) is 2.75. The van der Waals surface area contributed by atoms with Crippen LogP contribution in [0.15, 0.2) is 46.2 Å². The highest BCUT2D eigenvalue weighted by atomic mass is 32.3. The zero-order valence-corrected chi connectivity index (χ0v) is 16.1. The Morgan fingerprint density at radius 1 is 0.708 bits per heavy atom. The molecule has 128 valence electrons. The first-order valence-corrected chi connectivity index (χ1v) is 10.9. The molecule has 4 rings (SSSR count). The third-order valence-corrected chi connectivity index (χ3v) is 10.0. The Hall–Kier alpha value is -1.61. The van der Waals surface area contributed by atoms with Crippen molar-refractivity contribution in [2.75, 3.05) is 49.5 Å². The standard InChI is InChI=1S/C21H28N2S/c1-22(2)18-9-7-16-13-17-8-10-19(23(3)4)15-21(17)24(20(16)14-18)11-5-6-12-24/h7-10,14-15H,5-6,11-13H2,1-4H3. The van der Waals surface area contributed by atoms with Gasteiger partial charge in [0.15, 0.2) is 0 Å². The van der Waals surface area contributed by atoms with Crippen molar-refractivity contribution in [3.05, 3.63) is 47.5 Å². The van der Waals surface area contributed by atoms with Crippen LogP contribution in [-0.4, -0.2) is 39.7 Å². The molecule has 0 aliphatic carbocycles. The number of anilines is 2. The Morgan fingerprint density at radius 2 is 1.17 bits per heavy atom. The number of hydrogen-bond acceptors (Lipinski definition) is 2. The first-order valence-electron chi connectivity index (χ1n) is 8.90. The monoisotopic (exact) mass is 340 g/mol. The van der Waals surface area contributed by atoms with Gasteiger partial charge in [-0.15, -0.1) is 0 Å². The highest BCUT2D eigenvalue weighted by Gasteiger charge is 2.38. The molecule has 1 fully saturated rings. The number of benzene rings is 2. The molecule has 2 aliphatic rings. The summed E-state index contributed by atoms with van der Waals surface area (Å²) in [6.45, 7) is 0. The quantitative estimate of drug-likeness (QED) is 0.779. The molecule has 24 heavy (non-hydrogen) atoms. The van der Waals surface area contributed by atoms with Gasteiger partial charge in [-0.2, -0.15) is 10.0 Å². The van der Waals surface area contributed by atoms with Crippen LogP contribution in [0.5, 0.6) is 0 Å². The van der Waals surface area contributed by atoms with Gasteiger partial charge in [0, 0.05) is 39.6 Å². The molecule has 0 unspecified atom stereocenters. The van der Waals surface area contributed by atoms with Crippen molar-refractivity contribution in [1.29, 1.82) is 0 Å². The lowest BCUT2D eigenvalue weighted by molar-refractivity contribution is 0.949. The van der Waals surface area contributed by atoms with Crippen LogP contribution < -0.4 is 9.80 Å². The summed E-state index contributed by atoms with van der Waals surface area (Å²) in [7, 11) is 7.76. The topological polar surface area (TPSA) is 6.48 Å². The number of rotatable bonds is 2. The fourth-order valence-corrected chi connectivity index (χ4v) is 8.92. The van der Waals surface area contributed by atoms with Crippen molar-refractivity contribution in [3.63, 3.8) is 0 Å². The minimum atomic E-state index is -0.846. The minimum absolute atomic E-state index is 0.846. The third-order valence-electron chi connectivity index (χ3n) is 5.59. The van der Waals surface area contributed by atoms with E-state index >= 15 is 0 Å². The Bertz CT molecular complexity index is 714. The molecule has 0 aromatic heterocycles. The molecule has 0 N–H and O–H groups in total. The van der Waals surface area contributed by atoms with Crippen molar-refractivity contribution in [2.24, 2.45) is 0 Å². The molecule has 0 amide bonds. The van der Waals surface area contributed by atoms with Crippen molar-refractivity contribution < 1.29 is 0 Å². The molecular formula is C21H28N2S. The zero-order chi connectivity index (χ0) is 16.9. The Balaban J connectivity index is 1.93. The van der Waals surface area contributed by atoms with Gasteiger partial charge in [0.1, 0.15) is 0 Å². The van der Waals surface area contributed by atoms with Crippen LogP contribution in [0, 0.1) is 0 Å². The van der Waals surface area contributed by atoms with Gasteiger partial charge in [0.2, 0.25) is 0 Å². The Labute approximate surface area is 147 Å². The van der Waals surface area contributed by atoms with Gasteiger partial charge in [-0.05, 0) is 76.0 Å². The van der Waals surface area contributed by atoms with Crippen LogP contribution >= 0.6 is 10.0 Å².